The zero-order valence-corrected chi connectivity index (χ0v) is 19.2. The summed E-state index contributed by atoms with van der Waals surface area (Å²) in [6.07, 6.45) is 2.48. The molecule has 34 heavy (non-hydrogen) atoms. The minimum absolute atomic E-state index is 0.0625. The van der Waals surface area contributed by atoms with Crippen LogP contribution >= 0.6 is 0 Å². The Bertz CT molecular complexity index is 1280. The van der Waals surface area contributed by atoms with Gasteiger partial charge in [0, 0.05) is 25.2 Å². The molecule has 5 rings (SSSR count). The molecule has 1 unspecified atom stereocenters. The van der Waals surface area contributed by atoms with Crippen molar-refractivity contribution >= 4 is 28.4 Å². The van der Waals surface area contributed by atoms with Crippen LogP contribution in [0.2, 0.25) is 0 Å². The summed E-state index contributed by atoms with van der Waals surface area (Å²) in [6.45, 7) is 1.94. The maximum atomic E-state index is 13.0. The summed E-state index contributed by atoms with van der Waals surface area (Å²) < 4.78 is 41.0. The van der Waals surface area contributed by atoms with Crippen molar-refractivity contribution in [2.45, 2.75) is 31.7 Å². The van der Waals surface area contributed by atoms with E-state index in [1.165, 1.54) is 4.68 Å². The number of rotatable bonds is 4. The molecule has 13 heteroatoms. The van der Waals surface area contributed by atoms with Crippen molar-refractivity contribution in [3.05, 3.63) is 24.4 Å². The second-order valence-electron chi connectivity index (χ2n) is 8.37. The normalized spacial score (nSPS) is 16.9. The third kappa shape index (κ3) is 4.74. The van der Waals surface area contributed by atoms with Crippen LogP contribution < -0.4 is 11.1 Å². The molecule has 0 aromatic carbocycles. The van der Waals surface area contributed by atoms with Gasteiger partial charge in [-0.05, 0) is 45.1 Å². The highest BCUT2D eigenvalue weighted by Crippen LogP contribution is 2.30. The number of hydrogen-bond donors (Lipinski definition) is 2. The van der Waals surface area contributed by atoms with Crippen molar-refractivity contribution in [2.24, 2.45) is 0 Å². The molecular formula is C21H27F3N10. The quantitative estimate of drug-likeness (QED) is 0.462. The number of pyridine rings is 1. The molecule has 1 atom stereocenters. The van der Waals surface area contributed by atoms with Crippen molar-refractivity contribution in [3.8, 4) is 11.3 Å². The van der Waals surface area contributed by atoms with Crippen molar-refractivity contribution < 1.29 is 13.2 Å². The maximum absolute atomic E-state index is 13.0. The third-order valence-electron chi connectivity index (χ3n) is 5.59. The lowest BCUT2D eigenvalue weighted by molar-refractivity contribution is -0.0571. The molecule has 10 nitrogen and oxygen atoms in total. The topological polar surface area (TPSA) is 115 Å². The Balaban J connectivity index is 0.000000257. The molecule has 1 fully saturated rings. The van der Waals surface area contributed by atoms with Gasteiger partial charge in [0.05, 0.1) is 18.3 Å². The molecule has 1 aliphatic heterocycles. The van der Waals surface area contributed by atoms with Gasteiger partial charge < -0.3 is 16.0 Å². The number of nitrogen functional groups attached to an aromatic ring is 1. The van der Waals surface area contributed by atoms with E-state index in [-0.39, 0.29) is 18.9 Å². The molecule has 182 valence electrons. The Hall–Kier alpha value is -3.48. The largest absolute Gasteiger partial charge is 0.371 e. The lowest BCUT2D eigenvalue weighted by Gasteiger charge is -2.28. The van der Waals surface area contributed by atoms with Crippen LogP contribution in [0.3, 0.4) is 0 Å². The Morgan fingerprint density at radius 2 is 2.03 bits per heavy atom. The summed E-state index contributed by atoms with van der Waals surface area (Å²) >= 11 is 0. The molecule has 4 aromatic heterocycles. The zero-order valence-electron chi connectivity index (χ0n) is 19.2. The first kappa shape index (κ1) is 23.7. The van der Waals surface area contributed by atoms with Gasteiger partial charge in [-0.1, -0.05) is 5.21 Å². The van der Waals surface area contributed by atoms with Gasteiger partial charge in [0.2, 0.25) is 5.95 Å². The Kier molecular flexibility index (Phi) is 6.55. The number of hydrogen-bond acceptors (Lipinski definition) is 8. The molecule has 0 saturated carbocycles. The SMILES string of the molecule is CN1CCCC(F)(F)C1.CNc1nc(N)nn2ccc(-c3ccc4nnn(C(C)CF)c4n3)c12. The number of alkyl halides is 3. The minimum atomic E-state index is -2.42. The fraction of sp³-hybridized carbons (Fsp3) is 0.476. The highest BCUT2D eigenvalue weighted by Gasteiger charge is 2.33. The average molecular weight is 477 g/mol. The minimum Gasteiger partial charge on any atom is -0.371 e. The number of fused-ring (bicyclic) bond motifs is 2. The van der Waals surface area contributed by atoms with Gasteiger partial charge >= 0.3 is 0 Å². The van der Waals surface area contributed by atoms with E-state index < -0.39 is 18.6 Å². The molecule has 1 aliphatic rings. The fourth-order valence-corrected chi connectivity index (χ4v) is 3.92. The van der Waals surface area contributed by atoms with Crippen LogP contribution in [0.4, 0.5) is 24.9 Å². The van der Waals surface area contributed by atoms with E-state index in [1.807, 2.05) is 18.2 Å². The fourth-order valence-electron chi connectivity index (χ4n) is 3.92. The van der Waals surface area contributed by atoms with Crippen LogP contribution in [-0.2, 0) is 0 Å². The van der Waals surface area contributed by atoms with Crippen LogP contribution in [-0.4, -0.2) is 79.3 Å². The summed E-state index contributed by atoms with van der Waals surface area (Å²) in [5.41, 5.74) is 9.13. The van der Waals surface area contributed by atoms with E-state index in [0.29, 0.717) is 29.1 Å². The van der Waals surface area contributed by atoms with E-state index in [0.717, 1.165) is 17.6 Å². The molecule has 0 amide bonds. The molecule has 0 spiro atoms. The van der Waals surface area contributed by atoms with Crippen molar-refractivity contribution in [2.75, 3.05) is 44.9 Å². The standard InChI is InChI=1S/C15H16FN9.C6H11F2N/c1-8(7-16)25-14-11(21-23-25)4-3-10(19-14)9-5-6-24-12(9)13(18-2)20-15(17)22-24;1-9-4-2-3-6(7,8)5-9/h3-6,8H,7H2,1-2H3,(H3,17,18,20,22);2-5H2,1H3. The number of nitrogens with zero attached hydrogens (tertiary/aromatic N) is 8. The second kappa shape index (κ2) is 9.41. The van der Waals surface area contributed by atoms with Crippen LogP contribution in [0, 0.1) is 0 Å². The number of anilines is 2. The van der Waals surface area contributed by atoms with E-state index in [2.05, 4.69) is 30.7 Å². The highest BCUT2D eigenvalue weighted by atomic mass is 19.3. The molecular weight excluding hydrogens is 449 g/mol. The Morgan fingerprint density at radius 1 is 1.24 bits per heavy atom. The van der Waals surface area contributed by atoms with E-state index >= 15 is 0 Å². The summed E-state index contributed by atoms with van der Waals surface area (Å²) in [6, 6.07) is 5.10. The lowest BCUT2D eigenvalue weighted by Crippen LogP contribution is -2.39. The van der Waals surface area contributed by atoms with Gasteiger partial charge in [-0.3, -0.25) is 0 Å². The van der Waals surface area contributed by atoms with Gasteiger partial charge in [0.25, 0.3) is 5.92 Å². The molecule has 0 bridgehead atoms. The van der Waals surface area contributed by atoms with Gasteiger partial charge in [-0.2, -0.15) is 4.98 Å². The average Bonchev–Trinajstić information content (AvgIpc) is 3.41. The molecule has 4 aromatic rings. The Labute approximate surface area is 194 Å². The van der Waals surface area contributed by atoms with Gasteiger partial charge in [-0.25, -0.2) is 27.4 Å². The first-order valence-electron chi connectivity index (χ1n) is 10.9. The van der Waals surface area contributed by atoms with Crippen LogP contribution in [0.1, 0.15) is 25.8 Å². The van der Waals surface area contributed by atoms with Crippen molar-refractivity contribution in [1.29, 1.82) is 0 Å². The number of piperidine rings is 1. The third-order valence-corrected chi connectivity index (χ3v) is 5.59. The number of nitrogens with two attached hydrogens (primary N) is 1. The van der Waals surface area contributed by atoms with E-state index in [4.69, 9.17) is 5.73 Å². The summed E-state index contributed by atoms with van der Waals surface area (Å²) in [5, 5.41) is 15.2. The predicted molar refractivity (Wildman–Crippen MR) is 124 cm³/mol. The predicted octanol–water partition coefficient (Wildman–Crippen LogP) is 3.04. The van der Waals surface area contributed by atoms with Crippen LogP contribution in [0.15, 0.2) is 24.4 Å². The van der Waals surface area contributed by atoms with Crippen LogP contribution in [0.5, 0.6) is 0 Å². The lowest BCUT2D eigenvalue weighted by atomic mass is 10.1. The molecule has 3 N–H and O–H groups in total. The Morgan fingerprint density at radius 3 is 2.68 bits per heavy atom. The number of halogens is 3. The van der Waals surface area contributed by atoms with Gasteiger partial charge in [-0.15, -0.1) is 10.2 Å². The first-order valence-corrected chi connectivity index (χ1v) is 10.9. The van der Waals surface area contributed by atoms with Crippen molar-refractivity contribution in [1.82, 2.24) is 39.5 Å². The maximum Gasteiger partial charge on any atom is 0.260 e. The summed E-state index contributed by atoms with van der Waals surface area (Å²) in [4.78, 5) is 10.5. The highest BCUT2D eigenvalue weighted by molar-refractivity contribution is 5.89. The number of likely N-dealkylation sites (tertiary alicyclic amines) is 1. The van der Waals surface area contributed by atoms with E-state index in [9.17, 15) is 13.2 Å². The molecule has 1 saturated heterocycles. The number of nitrogens with one attached hydrogen (secondary N) is 1. The zero-order chi connectivity index (χ0) is 24.5. The summed E-state index contributed by atoms with van der Waals surface area (Å²) in [5.74, 6) is -1.66. The van der Waals surface area contributed by atoms with Crippen LogP contribution in [0.25, 0.3) is 27.9 Å². The summed E-state index contributed by atoms with van der Waals surface area (Å²) in [7, 11) is 3.49. The smallest absolute Gasteiger partial charge is 0.260 e. The molecule has 5 heterocycles. The molecule has 0 radical (unpaired) electrons. The first-order chi connectivity index (χ1) is 16.2. The second-order valence-corrected chi connectivity index (χ2v) is 8.37. The monoisotopic (exact) mass is 476 g/mol. The number of aromatic nitrogens is 7. The van der Waals surface area contributed by atoms with Gasteiger partial charge in [0.15, 0.2) is 11.5 Å². The van der Waals surface area contributed by atoms with E-state index in [1.54, 1.807) is 36.6 Å². The van der Waals surface area contributed by atoms with Crippen molar-refractivity contribution in [3.63, 3.8) is 0 Å². The molecule has 0 aliphatic carbocycles. The van der Waals surface area contributed by atoms with Gasteiger partial charge in [0.1, 0.15) is 17.7 Å².